The van der Waals surface area contributed by atoms with Crippen molar-refractivity contribution in [3.63, 3.8) is 0 Å². The van der Waals surface area contributed by atoms with Gasteiger partial charge >= 0.3 is 74.3 Å². The lowest BCUT2D eigenvalue weighted by molar-refractivity contribution is -0.327. The number of rotatable bonds is 31. The zero-order valence-electron chi connectivity index (χ0n) is 48.5. The number of aliphatic carboxylic acids is 2. The Bertz CT molecular complexity index is 3340. The quantitative estimate of drug-likeness (QED) is 0.0287. The first kappa shape index (κ1) is 81.0. The molecular weight excluding hydrogens is 1450 g/mol. The van der Waals surface area contributed by atoms with E-state index in [9.17, 15) is 138 Å². The highest BCUT2D eigenvalue weighted by atomic mass is 32.3. The van der Waals surface area contributed by atoms with Gasteiger partial charge in [-0.25, -0.2) is 34.7 Å². The number of aliphatic hydroxyl groups is 8. The van der Waals surface area contributed by atoms with Gasteiger partial charge in [-0.05, 0) is 26.8 Å². The highest BCUT2D eigenvalue weighted by molar-refractivity contribution is 7.82. The number of carboxylic acids is 2. The Hall–Kier alpha value is -3.02. The van der Waals surface area contributed by atoms with E-state index in [1.165, 1.54) is 6.92 Å². The molecule has 0 bridgehead atoms. The number of hydrogen-bond acceptors (Lipinski definition) is 39. The highest BCUT2D eigenvalue weighted by Gasteiger charge is 2.56. The van der Waals surface area contributed by atoms with Gasteiger partial charge in [-0.1, -0.05) is 0 Å². The van der Waals surface area contributed by atoms with Crippen molar-refractivity contribution >= 4 is 74.3 Å². The smallest absolute Gasteiger partial charge is 0.397 e. The molecule has 28 atom stereocenters. The Balaban J connectivity index is 1.33. The van der Waals surface area contributed by atoms with E-state index in [1.54, 1.807) is 0 Å². The van der Waals surface area contributed by atoms with Gasteiger partial charge in [0.15, 0.2) is 43.5 Å². The summed E-state index contributed by atoms with van der Waals surface area (Å²) in [6.07, 6.45) is -49.7. The van der Waals surface area contributed by atoms with Crippen molar-refractivity contribution < 1.29 is 216 Å². The Morgan fingerprint density at radius 3 is 1.19 bits per heavy atom. The van der Waals surface area contributed by atoms with Crippen LogP contribution in [0.15, 0.2) is 11.8 Å². The van der Waals surface area contributed by atoms with Crippen molar-refractivity contribution in [2.45, 2.75) is 162 Å². The molecule has 5 fully saturated rings. The van der Waals surface area contributed by atoms with E-state index in [1.807, 2.05) is 0 Å². The fourth-order valence-electron chi connectivity index (χ4n) is 10.8. The molecule has 6 heterocycles. The Labute approximate surface area is 537 Å². The standard InChI is InChI=1S/C42H68O47S6/c1-12-15(16(24(44)22(80-12)10-78-90(55,56)57)6-76-41-34(88-94(67,68)69)29(49)31(13(2)81-41)86-92(61,62)63)5-74-39-27(47)19(26(46)33(85-39)37(53)54)9-73-38-18(8-75-40-28(48)20(43)4-21(83-40)36(51)52)17(25(45)23(84-38)11-79-91(58,59)60)7-77-42-35(89-95(70,71)72)30(50)32(14(3)82-42)87-93(64,65)66/h4,12-20,22-35,38-50H,5-11H2,1-3H3,(H,51,52)(H,53,54)(H,55,56,57)(H,58,59,60)(H,61,62,63)(H,64,65,66)(H,67,68,69)(H,70,71,72)/t12?,13?,14?,15?,16?,17?,18?,19?,20?,22?,23?,24-,25-,26-,27?,28?,29?,30?,31+,32+,33?,34?,35?,38-,39+,40+,41+,42+/m0/s1. The maximum Gasteiger partial charge on any atom is 0.397 e. The summed E-state index contributed by atoms with van der Waals surface area (Å²) >= 11 is 0. The third-order valence-corrected chi connectivity index (χ3v) is 18.0. The molecule has 0 saturated carbocycles. The summed E-state index contributed by atoms with van der Waals surface area (Å²) in [7, 11) is -33.0. The molecule has 0 spiro atoms. The molecule has 0 aromatic heterocycles. The van der Waals surface area contributed by atoms with Gasteiger partial charge in [0.25, 0.3) is 0 Å². The summed E-state index contributed by atoms with van der Waals surface area (Å²) in [6, 6.07) is 0. The summed E-state index contributed by atoms with van der Waals surface area (Å²) in [5.41, 5.74) is 0. The summed E-state index contributed by atoms with van der Waals surface area (Å²) in [6.45, 7) is -4.83. The number of ether oxygens (including phenoxy) is 11. The van der Waals surface area contributed by atoms with Crippen LogP contribution in [0, 0.1) is 29.6 Å². The van der Waals surface area contributed by atoms with Crippen LogP contribution in [0.2, 0.25) is 0 Å². The van der Waals surface area contributed by atoms with Gasteiger partial charge in [0.2, 0.25) is 12.0 Å². The van der Waals surface area contributed by atoms with Crippen LogP contribution in [-0.2, 0) is 149 Å². The van der Waals surface area contributed by atoms with Crippen molar-refractivity contribution in [3.05, 3.63) is 11.8 Å². The first-order valence-corrected chi connectivity index (χ1v) is 35.2. The normalized spacial score (nSPS) is 40.4. The molecule has 0 aromatic rings. The molecule has 5 saturated heterocycles. The molecule has 47 nitrogen and oxygen atoms in total. The third-order valence-electron chi connectivity index (χ3n) is 15.2. The third kappa shape index (κ3) is 22.7. The molecule has 6 rings (SSSR count). The largest absolute Gasteiger partial charge is 0.479 e. The van der Waals surface area contributed by atoms with Crippen molar-refractivity contribution in [3.8, 4) is 0 Å². The van der Waals surface area contributed by atoms with Gasteiger partial charge in [-0.15, -0.1) is 0 Å². The van der Waals surface area contributed by atoms with Gasteiger partial charge in [0, 0.05) is 29.6 Å². The van der Waals surface area contributed by atoms with Crippen molar-refractivity contribution in [1.82, 2.24) is 0 Å². The van der Waals surface area contributed by atoms with Crippen LogP contribution in [0.4, 0.5) is 0 Å². The minimum absolute atomic E-state index is 0.544. The fraction of sp³-hybridized carbons (Fsp3) is 0.905. The zero-order chi connectivity index (χ0) is 71.6. The van der Waals surface area contributed by atoms with Crippen LogP contribution in [0.5, 0.6) is 0 Å². The van der Waals surface area contributed by atoms with E-state index < -0.39 is 297 Å². The van der Waals surface area contributed by atoms with E-state index in [4.69, 9.17) is 52.1 Å². The second-order valence-corrected chi connectivity index (χ2v) is 28.1. The Morgan fingerprint density at radius 2 is 0.758 bits per heavy atom. The molecule has 53 heteroatoms. The van der Waals surface area contributed by atoms with Crippen LogP contribution >= 0.6 is 0 Å². The van der Waals surface area contributed by atoms with Crippen molar-refractivity contribution in [2.75, 3.05) is 46.2 Å². The maximum atomic E-state index is 12.7. The number of aliphatic hydroxyl groups excluding tert-OH is 8. The first-order valence-electron chi connectivity index (χ1n) is 27.0. The van der Waals surface area contributed by atoms with Crippen LogP contribution in [-0.4, -0.2) is 328 Å². The molecule has 95 heavy (non-hydrogen) atoms. The van der Waals surface area contributed by atoms with Crippen LogP contribution < -0.4 is 0 Å². The van der Waals surface area contributed by atoms with E-state index in [0.29, 0.717) is 6.08 Å². The first-order chi connectivity index (χ1) is 43.5. The second kappa shape index (κ2) is 32.3. The van der Waals surface area contributed by atoms with Crippen molar-refractivity contribution in [2.24, 2.45) is 29.6 Å². The predicted octanol–water partition coefficient (Wildman–Crippen LogP) is -9.44. The molecular formula is C42H68O47S6. The average Bonchev–Trinajstić information content (AvgIpc) is 0.798. The van der Waals surface area contributed by atoms with Gasteiger partial charge in [0.1, 0.15) is 54.9 Å². The lowest BCUT2D eigenvalue weighted by atomic mass is 9.80. The minimum Gasteiger partial charge on any atom is -0.479 e. The minimum atomic E-state index is -5.71. The topological polar surface area (TPSA) is 720 Å². The molecule has 16 N–H and O–H groups in total. The molecule has 554 valence electrons. The molecule has 18 unspecified atom stereocenters. The predicted molar refractivity (Wildman–Crippen MR) is 285 cm³/mol. The Morgan fingerprint density at radius 1 is 0.379 bits per heavy atom. The van der Waals surface area contributed by atoms with Crippen LogP contribution in [0.3, 0.4) is 0 Å². The monoisotopic (exact) mass is 1520 g/mol. The zero-order valence-corrected chi connectivity index (χ0v) is 53.4. The van der Waals surface area contributed by atoms with Crippen LogP contribution in [0.25, 0.3) is 0 Å². The van der Waals surface area contributed by atoms with E-state index in [2.05, 4.69) is 25.1 Å². The molecule has 0 amide bonds. The lowest BCUT2D eigenvalue weighted by Crippen LogP contribution is -2.62. The number of carbonyl (C=O) groups is 2. The van der Waals surface area contributed by atoms with Gasteiger partial charge < -0.3 is 103 Å². The van der Waals surface area contributed by atoms with E-state index in [-0.39, 0.29) is 0 Å². The number of hydrogen-bond donors (Lipinski definition) is 16. The molecule has 0 aromatic carbocycles. The SMILES string of the molecule is CC1OC(COS(=O)(=O)O)[C@@H](O)C(CO[C@@H]2OC(C)[C@@H](OS(=O)(=O)O)C(O)C2OS(=O)(=O)O)C1CO[C@@H]1OC(C(=O)O)[C@@H](O)C(CO[C@H]2OC(COS(=O)(=O)O)[C@@H](O)C(CO[C@@H]3OC(C)[C@@H](OS(=O)(=O)O)C(O)C3OS(=O)(=O)O)C2CO[C@@H]2OC(C(=O)O)=CC(O)C2O)C1O. The number of carboxylic acid groups (broad SMARTS) is 2. The van der Waals surface area contributed by atoms with Crippen LogP contribution in [0.1, 0.15) is 20.8 Å². The summed E-state index contributed by atoms with van der Waals surface area (Å²) < 4.78 is 286. The van der Waals surface area contributed by atoms with E-state index in [0.717, 1.165) is 13.8 Å². The van der Waals surface area contributed by atoms with E-state index >= 15 is 0 Å². The highest BCUT2D eigenvalue weighted by Crippen LogP contribution is 2.40. The second-order valence-electron chi connectivity index (χ2n) is 21.7. The Kier molecular flexibility index (Phi) is 27.5. The maximum absolute atomic E-state index is 12.7. The average molecular weight is 1520 g/mol. The molecule has 0 radical (unpaired) electrons. The van der Waals surface area contributed by atoms with Crippen molar-refractivity contribution in [1.29, 1.82) is 0 Å². The van der Waals surface area contributed by atoms with Gasteiger partial charge in [0.05, 0.1) is 82.9 Å². The summed E-state index contributed by atoms with van der Waals surface area (Å²) in [5.74, 6) is -13.7. The van der Waals surface area contributed by atoms with Gasteiger partial charge in [-0.2, -0.15) is 50.5 Å². The molecule has 0 aliphatic carbocycles. The molecule has 6 aliphatic rings. The lowest BCUT2D eigenvalue weighted by Gasteiger charge is -2.47. The summed E-state index contributed by atoms with van der Waals surface area (Å²) in [5, 5.41) is 110. The molecule has 6 aliphatic heterocycles. The van der Waals surface area contributed by atoms with Gasteiger partial charge in [-0.3, -0.25) is 27.3 Å². The summed E-state index contributed by atoms with van der Waals surface area (Å²) in [4.78, 5) is 24.6. The fourth-order valence-corrected chi connectivity index (χ4v) is 13.4.